The van der Waals surface area contributed by atoms with E-state index in [-0.39, 0.29) is 34.6 Å². The van der Waals surface area contributed by atoms with Gasteiger partial charge in [0.25, 0.3) is 0 Å². The zero-order chi connectivity index (χ0) is 25.7. The molecule has 0 unspecified atom stereocenters. The monoisotopic (exact) mass is 501 g/mol. The minimum absolute atomic E-state index is 0. The molecule has 0 fully saturated rings. The molecule has 0 spiro atoms. The van der Waals surface area contributed by atoms with Crippen LogP contribution in [0.5, 0.6) is 17.2 Å². The number of aromatic nitrogens is 3. The first-order valence-corrected chi connectivity index (χ1v) is 11.4. The molecule has 0 saturated heterocycles. The predicted molar refractivity (Wildman–Crippen MR) is 144 cm³/mol. The van der Waals surface area contributed by atoms with Crippen molar-refractivity contribution in [1.82, 2.24) is 15.0 Å². The molecule has 0 N–H and O–H groups in total. The maximum atomic E-state index is 11.3. The Morgan fingerprint density at radius 3 is 1.00 bits per heavy atom. The molecule has 0 radical (unpaired) electrons. The van der Waals surface area contributed by atoms with Crippen LogP contribution in [0, 0.1) is 20.8 Å². The molecule has 7 heteroatoms. The first kappa shape index (κ1) is 27.4. The van der Waals surface area contributed by atoms with E-state index in [1.165, 1.54) is 0 Å². The molecule has 3 aromatic carbocycles. The van der Waals surface area contributed by atoms with E-state index in [9.17, 15) is 15.3 Å². The third kappa shape index (κ3) is 6.74. The molecule has 0 bridgehead atoms. The van der Waals surface area contributed by atoms with E-state index in [4.69, 9.17) is 0 Å². The maximum absolute atomic E-state index is 11.3. The molecule has 180 valence electrons. The van der Waals surface area contributed by atoms with Crippen LogP contribution in [0.1, 0.15) is 16.7 Å². The van der Waals surface area contributed by atoms with Crippen molar-refractivity contribution in [3.63, 3.8) is 0 Å². The standard InChI is InChI=1S/3C10H9NO.Al/c3*1-7-5-8-3-2-4-11-10(8)9(12)6-7;/h3*2-6,12H,1H3;/q;;;+3/p-3. The van der Waals surface area contributed by atoms with Crippen molar-refractivity contribution in [2.45, 2.75) is 20.8 Å². The van der Waals surface area contributed by atoms with Gasteiger partial charge in [-0.05, 0) is 73.3 Å². The number of rotatable bonds is 0. The van der Waals surface area contributed by atoms with Crippen molar-refractivity contribution in [2.75, 3.05) is 0 Å². The van der Waals surface area contributed by atoms with Crippen molar-refractivity contribution < 1.29 is 15.3 Å². The third-order valence-corrected chi connectivity index (χ3v) is 5.44. The van der Waals surface area contributed by atoms with Crippen LogP contribution in [-0.2, 0) is 0 Å². The van der Waals surface area contributed by atoms with E-state index in [0.717, 1.165) is 32.8 Å². The van der Waals surface area contributed by atoms with Crippen LogP contribution in [0.15, 0.2) is 91.4 Å². The number of aryl methyl sites for hydroxylation is 3. The van der Waals surface area contributed by atoms with Gasteiger partial charge in [-0.3, -0.25) is 15.0 Å². The van der Waals surface area contributed by atoms with Gasteiger partial charge in [0.05, 0.1) is 16.6 Å². The molecule has 6 aromatic rings. The van der Waals surface area contributed by atoms with Gasteiger partial charge in [-0.25, -0.2) is 0 Å². The normalized spacial score (nSPS) is 10.1. The molecule has 0 aliphatic heterocycles. The van der Waals surface area contributed by atoms with Gasteiger partial charge in [0.1, 0.15) is 0 Å². The fourth-order valence-corrected chi connectivity index (χ4v) is 3.91. The van der Waals surface area contributed by atoms with Gasteiger partial charge in [0.2, 0.25) is 0 Å². The molecule has 0 aliphatic carbocycles. The van der Waals surface area contributed by atoms with Crippen molar-refractivity contribution in [3.8, 4) is 17.2 Å². The fourth-order valence-electron chi connectivity index (χ4n) is 3.91. The van der Waals surface area contributed by atoms with Crippen molar-refractivity contribution in [3.05, 3.63) is 108 Å². The predicted octanol–water partition coefficient (Wildman–Crippen LogP) is 4.47. The first-order chi connectivity index (χ1) is 17.3. The number of hydrogen-bond acceptors (Lipinski definition) is 6. The van der Waals surface area contributed by atoms with E-state index >= 15 is 0 Å². The minimum Gasteiger partial charge on any atom is -0.871 e. The Morgan fingerprint density at radius 1 is 0.459 bits per heavy atom. The molecular weight excluding hydrogens is 477 g/mol. The smallest absolute Gasteiger partial charge is 0.871 e. The Morgan fingerprint density at radius 2 is 0.730 bits per heavy atom. The Labute approximate surface area is 226 Å². The van der Waals surface area contributed by atoms with Crippen LogP contribution in [0.2, 0.25) is 0 Å². The summed E-state index contributed by atoms with van der Waals surface area (Å²) in [4.78, 5) is 12.0. The van der Waals surface area contributed by atoms with Crippen molar-refractivity contribution in [2.24, 2.45) is 0 Å². The summed E-state index contributed by atoms with van der Waals surface area (Å²) in [6.45, 7) is 5.73. The summed E-state index contributed by atoms with van der Waals surface area (Å²) in [6, 6.07) is 21.9. The SMILES string of the molecule is Cc1cc([O-])c2ncccc2c1.Cc1cc([O-])c2ncccc2c1.Cc1cc([O-])c2ncccc2c1.[Al+3]. The molecule has 3 aromatic heterocycles. The van der Waals surface area contributed by atoms with E-state index in [0.29, 0.717) is 16.6 Å². The van der Waals surface area contributed by atoms with Gasteiger partial charge in [-0.15, -0.1) is 0 Å². The number of hydrogen-bond donors (Lipinski definition) is 0. The van der Waals surface area contributed by atoms with E-state index < -0.39 is 0 Å². The third-order valence-electron chi connectivity index (χ3n) is 5.44. The second-order valence-electron chi connectivity index (χ2n) is 8.51. The second kappa shape index (κ2) is 12.2. The van der Waals surface area contributed by atoms with Crippen LogP contribution >= 0.6 is 0 Å². The Hall–Kier alpha value is -4.18. The van der Waals surface area contributed by atoms with Gasteiger partial charge < -0.3 is 15.3 Å². The fraction of sp³-hybridized carbons (Fsp3) is 0.100. The molecule has 0 amide bonds. The Balaban J connectivity index is 0.000000152. The molecule has 0 aliphatic rings. The van der Waals surface area contributed by atoms with Gasteiger partial charge in [-0.1, -0.05) is 70.3 Å². The summed E-state index contributed by atoms with van der Waals surface area (Å²) >= 11 is 0. The largest absolute Gasteiger partial charge is 3.00 e. The summed E-state index contributed by atoms with van der Waals surface area (Å²) in [6.07, 6.45) is 4.91. The molecular formula is C30H24AlN3O3. The Kier molecular flexibility index (Phi) is 9.02. The number of pyridine rings is 3. The number of fused-ring (bicyclic) bond motifs is 3. The zero-order valence-corrected chi connectivity index (χ0v) is 22.0. The summed E-state index contributed by atoms with van der Waals surface area (Å²) in [5.74, 6) is 0.0156. The molecule has 3 heterocycles. The van der Waals surface area contributed by atoms with Crippen molar-refractivity contribution in [1.29, 1.82) is 0 Å². The van der Waals surface area contributed by atoms with Crippen LogP contribution in [0.25, 0.3) is 32.7 Å². The second-order valence-corrected chi connectivity index (χ2v) is 8.51. The summed E-state index contributed by atoms with van der Waals surface area (Å²) in [5, 5.41) is 36.8. The van der Waals surface area contributed by atoms with Crippen LogP contribution in [-0.4, -0.2) is 32.3 Å². The first-order valence-electron chi connectivity index (χ1n) is 11.4. The number of nitrogens with zero attached hydrogens (tertiary/aromatic N) is 3. The van der Waals surface area contributed by atoms with Gasteiger partial charge in [0.15, 0.2) is 0 Å². The average molecular weight is 502 g/mol. The molecule has 6 rings (SSSR count). The topological polar surface area (TPSA) is 108 Å². The van der Waals surface area contributed by atoms with Gasteiger partial charge in [0, 0.05) is 18.6 Å². The molecule has 6 nitrogen and oxygen atoms in total. The van der Waals surface area contributed by atoms with Crippen LogP contribution in [0.3, 0.4) is 0 Å². The van der Waals surface area contributed by atoms with E-state index in [1.807, 2.05) is 75.4 Å². The quantitative estimate of drug-likeness (QED) is 0.284. The summed E-state index contributed by atoms with van der Waals surface area (Å²) < 4.78 is 0. The Bertz CT molecular complexity index is 1470. The zero-order valence-electron chi connectivity index (χ0n) is 20.8. The van der Waals surface area contributed by atoms with Crippen LogP contribution in [0.4, 0.5) is 0 Å². The molecule has 0 atom stereocenters. The molecule has 0 saturated carbocycles. The van der Waals surface area contributed by atoms with Gasteiger partial charge >= 0.3 is 17.4 Å². The van der Waals surface area contributed by atoms with Crippen molar-refractivity contribution >= 4 is 50.1 Å². The maximum Gasteiger partial charge on any atom is 3.00 e. The van der Waals surface area contributed by atoms with Gasteiger partial charge in [-0.2, -0.15) is 0 Å². The van der Waals surface area contributed by atoms with Crippen LogP contribution < -0.4 is 15.3 Å². The van der Waals surface area contributed by atoms with E-state index in [2.05, 4.69) is 15.0 Å². The average Bonchev–Trinajstić information content (AvgIpc) is 2.85. The minimum atomic E-state index is 0. The molecule has 37 heavy (non-hydrogen) atoms. The summed E-state index contributed by atoms with van der Waals surface area (Å²) in [5.41, 5.74) is 4.64. The van der Waals surface area contributed by atoms with E-state index in [1.54, 1.807) is 36.8 Å². The number of benzene rings is 3. The summed E-state index contributed by atoms with van der Waals surface area (Å²) in [7, 11) is 0.